The fourth-order valence-corrected chi connectivity index (χ4v) is 18.7. The van der Waals surface area contributed by atoms with Crippen molar-refractivity contribution in [1.29, 1.82) is 0 Å². The number of halogens is 3. The minimum atomic E-state index is -0.427. The molecule has 2 aliphatic carbocycles. The third-order valence-corrected chi connectivity index (χ3v) is 25.4. The lowest BCUT2D eigenvalue weighted by molar-refractivity contribution is 0.00578. The smallest absolute Gasteiger partial charge is 0.399 e. The summed E-state index contributed by atoms with van der Waals surface area (Å²) >= 11 is 9.20. The van der Waals surface area contributed by atoms with Crippen LogP contribution in [0.5, 0.6) is 0 Å². The highest BCUT2D eigenvalue weighted by atomic mass is 127. The SMILES string of the molecule is Brc1ccc(-c2cccc(-c3ccc4c5ccccc5n(-c5ccc6c(c5)-c5ccccc5C6(c5ccccc5)c5ccccc5)c4c3)c2)cc1.Brc1ccc(I)cc1.CC1(C)OB(c2cccc(-c3ccc4c5ccccc5n(-c5ccc6c(c5)-c5ccccc5C6(c5ccccc5)c5ccccc5)c4c3)c2)OC1(C)C. The Morgan fingerprint density at radius 2 is 0.607 bits per heavy atom. The van der Waals surface area contributed by atoms with Gasteiger partial charge in [0.25, 0.3) is 0 Å². The second-order valence-electron chi connectivity index (χ2n) is 30.4. The Morgan fingerprint density at radius 3 is 1.04 bits per heavy atom. The van der Waals surface area contributed by atoms with Gasteiger partial charge >= 0.3 is 7.12 Å². The van der Waals surface area contributed by atoms with E-state index in [1.54, 1.807) is 0 Å². The van der Waals surface area contributed by atoms with Crippen LogP contribution >= 0.6 is 54.5 Å². The first kappa shape index (κ1) is 71.1. The summed E-state index contributed by atoms with van der Waals surface area (Å²) in [6.07, 6.45) is 0. The van der Waals surface area contributed by atoms with Crippen molar-refractivity contribution in [2.45, 2.75) is 49.7 Å². The molecule has 0 amide bonds. The van der Waals surface area contributed by atoms with Crippen LogP contribution in [-0.4, -0.2) is 27.5 Å². The van der Waals surface area contributed by atoms with Crippen molar-refractivity contribution in [3.8, 4) is 67.0 Å². The predicted molar refractivity (Wildman–Crippen MR) is 483 cm³/mol. The standard InChI is InChI=1S/C49H40BNO2.C49H32BrN.C6H4BrI/c1-47(2)48(3,4)53-50(52-47)37-21-15-16-33(30-37)34-26-28-41-40-23-12-14-25-45(40)51(46(41)31-34)38-27-29-44-42(32-38)39-22-11-13-24-43(39)49(44,35-17-7-5-8-18-35)36-19-9-6-10-20-36;50-39-25-22-33(23-26-39)34-12-11-13-35(30-34)36-24-28-43-42-19-8-10-21-47(42)51(48(43)31-36)40-27-29-46-44(32-40)41-18-7-9-20-45(41)49(46,37-14-3-1-4-15-37)38-16-5-2-6-17-38;7-5-1-3-6(8)4-2-5/h5-32H,1-4H3;1-32H;1-4H. The number of hydrogen-bond donors (Lipinski definition) is 0. The van der Waals surface area contributed by atoms with Gasteiger partial charge in [0, 0.05) is 45.4 Å². The summed E-state index contributed by atoms with van der Waals surface area (Å²) in [6, 6.07) is 142. The maximum absolute atomic E-state index is 6.43. The van der Waals surface area contributed by atoms with Crippen molar-refractivity contribution >= 4 is 111 Å². The van der Waals surface area contributed by atoms with E-state index in [9.17, 15) is 0 Å². The van der Waals surface area contributed by atoms with E-state index in [1.165, 1.54) is 136 Å². The predicted octanol–water partition coefficient (Wildman–Crippen LogP) is 27.4. The zero-order chi connectivity index (χ0) is 75.9. The highest BCUT2D eigenvalue weighted by molar-refractivity contribution is 14.1. The molecule has 0 saturated carbocycles. The monoisotopic (exact) mass is 1680 g/mol. The van der Waals surface area contributed by atoms with Gasteiger partial charge in [-0.3, -0.25) is 0 Å². The van der Waals surface area contributed by atoms with Gasteiger partial charge in [0.1, 0.15) is 0 Å². The molecule has 2 aromatic heterocycles. The first-order chi connectivity index (χ1) is 54.7. The van der Waals surface area contributed by atoms with Crippen molar-refractivity contribution < 1.29 is 9.31 Å². The molecule has 1 aliphatic heterocycles. The summed E-state index contributed by atoms with van der Waals surface area (Å²) in [7, 11) is -0.414. The third-order valence-electron chi connectivity index (χ3n) is 23.7. The fourth-order valence-electron chi connectivity index (χ4n) is 17.8. The lowest BCUT2D eigenvalue weighted by Crippen LogP contribution is -2.41. The van der Waals surface area contributed by atoms with E-state index in [0.29, 0.717) is 0 Å². The molecule has 0 unspecified atom stereocenters. The Hall–Kier alpha value is -11.2. The van der Waals surface area contributed by atoms with Crippen LogP contribution in [0.1, 0.15) is 72.2 Å². The molecule has 3 heterocycles. The number of nitrogens with zero attached hydrogens (tertiary/aromatic N) is 2. The van der Waals surface area contributed by atoms with Gasteiger partial charge in [-0.1, -0.05) is 329 Å². The minimum absolute atomic E-state index is 0.397. The van der Waals surface area contributed by atoms with E-state index < -0.39 is 29.2 Å². The molecular weight excluding hydrogens is 1610 g/mol. The Labute approximate surface area is 685 Å². The van der Waals surface area contributed by atoms with Crippen LogP contribution in [0.2, 0.25) is 0 Å². The summed E-state index contributed by atoms with van der Waals surface area (Å²) in [6.45, 7) is 8.41. The summed E-state index contributed by atoms with van der Waals surface area (Å²) in [5.41, 5.74) is 29.0. The van der Waals surface area contributed by atoms with E-state index in [1.807, 2.05) is 12.1 Å². The molecular formula is C104H76BBr2IN2O2. The number of fused-ring (bicyclic) bond motifs is 12. The minimum Gasteiger partial charge on any atom is -0.399 e. The largest absolute Gasteiger partial charge is 0.494 e. The van der Waals surface area contributed by atoms with Crippen LogP contribution in [0.15, 0.2) is 397 Å². The van der Waals surface area contributed by atoms with Crippen LogP contribution < -0.4 is 5.46 Å². The molecule has 21 rings (SSSR count). The molecule has 16 aromatic carbocycles. The molecule has 0 N–H and O–H groups in total. The fraction of sp³-hybridized carbons (Fsp3) is 0.0769. The van der Waals surface area contributed by atoms with Gasteiger partial charge < -0.3 is 18.4 Å². The first-order valence-electron chi connectivity index (χ1n) is 38.3. The maximum Gasteiger partial charge on any atom is 0.494 e. The molecule has 0 radical (unpaired) electrons. The van der Waals surface area contributed by atoms with Gasteiger partial charge in [0.15, 0.2) is 0 Å². The van der Waals surface area contributed by atoms with E-state index in [-0.39, 0.29) is 0 Å². The van der Waals surface area contributed by atoms with Crippen LogP contribution in [-0.2, 0) is 20.1 Å². The number of hydrogen-bond acceptors (Lipinski definition) is 2. The summed E-state index contributed by atoms with van der Waals surface area (Å²) in [5, 5.41) is 4.98. The van der Waals surface area contributed by atoms with Gasteiger partial charge in [-0.2, -0.15) is 0 Å². The molecule has 1 fully saturated rings. The second kappa shape index (κ2) is 28.8. The number of para-hydroxylation sites is 2. The maximum atomic E-state index is 6.43. The Bertz CT molecular complexity index is 6500. The molecule has 3 aliphatic rings. The van der Waals surface area contributed by atoms with Crippen molar-refractivity contribution in [3.05, 3.63) is 445 Å². The summed E-state index contributed by atoms with van der Waals surface area (Å²) in [4.78, 5) is 0. The van der Waals surface area contributed by atoms with Crippen molar-refractivity contribution in [3.63, 3.8) is 0 Å². The Balaban J connectivity index is 0.000000137. The molecule has 4 nitrogen and oxygen atoms in total. The van der Waals surface area contributed by atoms with E-state index in [2.05, 4.69) is 467 Å². The lowest BCUT2D eigenvalue weighted by Gasteiger charge is -2.33. The van der Waals surface area contributed by atoms with Gasteiger partial charge in [-0.25, -0.2) is 0 Å². The van der Waals surface area contributed by atoms with Crippen LogP contribution in [0.4, 0.5) is 0 Å². The van der Waals surface area contributed by atoms with Crippen LogP contribution in [0, 0.1) is 3.57 Å². The lowest BCUT2D eigenvalue weighted by atomic mass is 9.68. The average Bonchev–Trinajstić information content (AvgIpc) is 1.53. The zero-order valence-corrected chi connectivity index (χ0v) is 67.7. The van der Waals surface area contributed by atoms with Crippen LogP contribution in [0.25, 0.3) is 111 Å². The molecule has 1 saturated heterocycles. The van der Waals surface area contributed by atoms with Crippen molar-refractivity contribution in [2.24, 2.45) is 0 Å². The van der Waals surface area contributed by atoms with Crippen molar-refractivity contribution in [2.75, 3.05) is 0 Å². The van der Waals surface area contributed by atoms with Crippen molar-refractivity contribution in [1.82, 2.24) is 9.13 Å². The third kappa shape index (κ3) is 12.1. The van der Waals surface area contributed by atoms with Crippen LogP contribution in [0.3, 0.4) is 0 Å². The van der Waals surface area contributed by atoms with Gasteiger partial charge in [-0.15, -0.1) is 0 Å². The molecule has 538 valence electrons. The number of aromatic nitrogens is 2. The highest BCUT2D eigenvalue weighted by Gasteiger charge is 2.52. The number of rotatable bonds is 10. The molecule has 0 atom stereocenters. The van der Waals surface area contributed by atoms with E-state index >= 15 is 0 Å². The van der Waals surface area contributed by atoms with Gasteiger partial charge in [0.05, 0.1) is 44.1 Å². The Morgan fingerprint density at radius 1 is 0.268 bits per heavy atom. The quantitative estimate of drug-likeness (QED) is 0.101. The molecule has 0 spiro atoms. The van der Waals surface area contributed by atoms with E-state index in [4.69, 9.17) is 9.31 Å². The van der Waals surface area contributed by atoms with Gasteiger partial charge in [-0.05, 0) is 247 Å². The first-order valence-corrected chi connectivity index (χ1v) is 40.9. The summed E-state index contributed by atoms with van der Waals surface area (Å²) < 4.78 is 21.3. The summed E-state index contributed by atoms with van der Waals surface area (Å²) in [5.74, 6) is 0. The Kier molecular flexibility index (Phi) is 18.3. The molecule has 8 heteroatoms. The molecule has 112 heavy (non-hydrogen) atoms. The zero-order valence-electron chi connectivity index (χ0n) is 62.4. The topological polar surface area (TPSA) is 28.3 Å². The normalized spacial score (nSPS) is 14.4. The average molecular weight is 1680 g/mol. The molecule has 0 bridgehead atoms. The number of benzene rings is 16. The van der Waals surface area contributed by atoms with E-state index in [0.717, 1.165) is 36.9 Å². The second-order valence-corrected chi connectivity index (χ2v) is 33.5. The van der Waals surface area contributed by atoms with Gasteiger partial charge in [0.2, 0.25) is 0 Å². The molecule has 18 aromatic rings. The highest BCUT2D eigenvalue weighted by Crippen LogP contribution is 2.59.